The van der Waals surface area contributed by atoms with Gasteiger partial charge in [-0.15, -0.1) is 13.2 Å². The molecule has 0 spiro atoms. The number of aliphatic hydroxyl groups is 2. The molecule has 0 fully saturated rings. The summed E-state index contributed by atoms with van der Waals surface area (Å²) < 4.78 is 11.0. The average molecular weight is 393 g/mol. The lowest BCUT2D eigenvalue weighted by atomic mass is 10.2. The number of ether oxygens (including phenoxy) is 2. The van der Waals surface area contributed by atoms with Crippen LogP contribution in [0, 0.1) is 0 Å². The van der Waals surface area contributed by atoms with Crippen LogP contribution in [0.15, 0.2) is 41.9 Å². The minimum Gasteiger partial charge on any atom is -0.394 e. The molecule has 0 amide bonds. The zero-order chi connectivity index (χ0) is 18.5. The molecule has 0 aromatic heterocycles. The van der Waals surface area contributed by atoms with Gasteiger partial charge in [-0.2, -0.15) is 0 Å². The van der Waals surface area contributed by atoms with Crippen LogP contribution in [0.4, 0.5) is 0 Å². The van der Waals surface area contributed by atoms with E-state index in [4.69, 9.17) is 19.7 Å². The Kier molecular flexibility index (Phi) is 27.1. The van der Waals surface area contributed by atoms with E-state index in [0.717, 1.165) is 24.0 Å². The molecule has 1 aromatic rings. The number of carbonyl (C=O) groups is 1. The van der Waals surface area contributed by atoms with E-state index in [0.29, 0.717) is 5.56 Å². The van der Waals surface area contributed by atoms with E-state index in [9.17, 15) is 4.79 Å². The second-order valence-electron chi connectivity index (χ2n) is 3.56. The number of aldehydes is 1. The fraction of sp³-hybridized carbons (Fsp3) is 0.471. The van der Waals surface area contributed by atoms with Crippen LogP contribution in [-0.2, 0) is 9.47 Å². The summed E-state index contributed by atoms with van der Waals surface area (Å²) in [7, 11) is 0. The molecule has 0 aliphatic heterocycles. The molecule has 0 saturated carbocycles. The molecule has 134 valence electrons. The zero-order valence-corrected chi connectivity index (χ0v) is 15.8. The molecule has 5 nitrogen and oxygen atoms in total. The monoisotopic (exact) mass is 392 g/mol. The molecule has 0 radical (unpaired) electrons. The minimum absolute atomic E-state index is 0.0370. The molecule has 0 aliphatic rings. The van der Waals surface area contributed by atoms with Crippen molar-refractivity contribution in [1.29, 1.82) is 0 Å². The van der Waals surface area contributed by atoms with Gasteiger partial charge in [-0.05, 0) is 26.8 Å². The van der Waals surface area contributed by atoms with Gasteiger partial charge in [0.05, 0.1) is 13.2 Å². The first kappa shape index (κ1) is 26.8. The Labute approximate surface area is 148 Å². The first-order chi connectivity index (χ1) is 11.1. The number of rotatable bonds is 6. The van der Waals surface area contributed by atoms with Gasteiger partial charge in [-0.25, -0.2) is 0 Å². The topological polar surface area (TPSA) is 76.0 Å². The molecule has 0 unspecified atom stereocenters. The zero-order valence-electron chi connectivity index (χ0n) is 14.2. The molecule has 0 heterocycles. The van der Waals surface area contributed by atoms with Gasteiger partial charge in [0.2, 0.25) is 0 Å². The molecule has 6 heteroatoms. The van der Waals surface area contributed by atoms with Crippen LogP contribution in [0.25, 0.3) is 0 Å². The Morgan fingerprint density at radius 1 is 1.13 bits per heavy atom. The first-order valence-electron chi connectivity index (χ1n) is 7.21. The lowest BCUT2D eigenvalue weighted by molar-refractivity contribution is -0.123. The molecule has 1 rings (SSSR count). The van der Waals surface area contributed by atoms with Crippen molar-refractivity contribution in [2.24, 2.45) is 0 Å². The Morgan fingerprint density at radius 2 is 1.57 bits per heavy atom. The van der Waals surface area contributed by atoms with Crippen LogP contribution in [0.3, 0.4) is 0 Å². The van der Waals surface area contributed by atoms with Gasteiger partial charge in [0.25, 0.3) is 0 Å². The fourth-order valence-electron chi connectivity index (χ4n) is 1.09. The summed E-state index contributed by atoms with van der Waals surface area (Å²) in [5, 5.41) is 15.2. The highest BCUT2D eigenvalue weighted by atomic mass is 79.9. The van der Waals surface area contributed by atoms with Crippen LogP contribution >= 0.6 is 15.9 Å². The van der Waals surface area contributed by atoms with E-state index in [1.165, 1.54) is 0 Å². The largest absolute Gasteiger partial charge is 0.394 e. The van der Waals surface area contributed by atoms with Crippen LogP contribution in [0.2, 0.25) is 0 Å². The number of halogens is 1. The molecular formula is C17H29BrO5. The minimum atomic E-state index is -0.125. The highest BCUT2D eigenvalue weighted by Gasteiger charge is 1.94. The average Bonchev–Trinajstić information content (AvgIpc) is 2.58. The normalized spacial score (nSPS) is 8.65. The highest BCUT2D eigenvalue weighted by molar-refractivity contribution is 9.10. The van der Waals surface area contributed by atoms with Crippen molar-refractivity contribution in [3.05, 3.63) is 47.5 Å². The predicted molar refractivity (Wildman–Crippen MR) is 97.7 cm³/mol. The Bertz CT molecular complexity index is 353. The van der Waals surface area contributed by atoms with Gasteiger partial charge in [0, 0.05) is 23.2 Å². The molecule has 2 N–H and O–H groups in total. The molecule has 0 atom stereocenters. The molecule has 0 bridgehead atoms. The number of hydrogen-bond donors (Lipinski definition) is 2. The molecule has 1 aromatic carbocycles. The summed E-state index contributed by atoms with van der Waals surface area (Å²) >= 11 is 3.23. The SMILES string of the molecule is C=C.CCOC(C)OCC.O=Cc1ccccc1Br.OCCO. The third kappa shape index (κ3) is 21.0. The maximum Gasteiger partial charge on any atom is 0.154 e. The maximum absolute atomic E-state index is 10.2. The van der Waals surface area contributed by atoms with Gasteiger partial charge in [-0.3, -0.25) is 4.79 Å². The lowest BCUT2D eigenvalue weighted by Gasteiger charge is -2.09. The summed E-state index contributed by atoms with van der Waals surface area (Å²) in [6.45, 7) is 13.0. The Balaban J connectivity index is -0.000000263. The maximum atomic E-state index is 10.2. The summed E-state index contributed by atoms with van der Waals surface area (Å²) in [4.78, 5) is 10.2. The summed E-state index contributed by atoms with van der Waals surface area (Å²) in [6, 6.07) is 7.30. The van der Waals surface area contributed by atoms with Gasteiger partial charge in [-0.1, -0.05) is 34.1 Å². The molecule has 0 aliphatic carbocycles. The predicted octanol–water partition coefficient (Wildman–Crippen LogP) is 3.44. The third-order valence-corrected chi connectivity index (χ3v) is 2.66. The Morgan fingerprint density at radius 3 is 1.83 bits per heavy atom. The Hall–Kier alpha value is -1.05. The number of carbonyl (C=O) groups excluding carboxylic acids is 1. The van der Waals surface area contributed by atoms with Gasteiger partial charge in [0.15, 0.2) is 12.6 Å². The summed E-state index contributed by atoms with van der Waals surface area (Å²) in [5.74, 6) is 0. The van der Waals surface area contributed by atoms with E-state index in [1.807, 2.05) is 39.0 Å². The molecule has 23 heavy (non-hydrogen) atoms. The van der Waals surface area contributed by atoms with Crippen LogP contribution in [0.5, 0.6) is 0 Å². The second-order valence-corrected chi connectivity index (χ2v) is 4.42. The first-order valence-corrected chi connectivity index (χ1v) is 8.01. The van der Waals surface area contributed by atoms with Crippen LogP contribution in [0.1, 0.15) is 31.1 Å². The lowest BCUT2D eigenvalue weighted by Crippen LogP contribution is -2.11. The summed E-state index contributed by atoms with van der Waals surface area (Å²) in [5.41, 5.74) is 0.692. The van der Waals surface area contributed by atoms with E-state index in [1.54, 1.807) is 6.07 Å². The van der Waals surface area contributed by atoms with Gasteiger partial charge >= 0.3 is 0 Å². The van der Waals surface area contributed by atoms with Crippen molar-refractivity contribution >= 4 is 22.2 Å². The molecule has 0 saturated heterocycles. The van der Waals surface area contributed by atoms with E-state index >= 15 is 0 Å². The highest BCUT2D eigenvalue weighted by Crippen LogP contribution is 2.12. The van der Waals surface area contributed by atoms with E-state index in [-0.39, 0.29) is 19.5 Å². The second kappa shape index (κ2) is 23.2. The van der Waals surface area contributed by atoms with Gasteiger partial charge in [0.1, 0.15) is 0 Å². The smallest absolute Gasteiger partial charge is 0.154 e. The molecular weight excluding hydrogens is 364 g/mol. The quantitative estimate of drug-likeness (QED) is 0.440. The van der Waals surface area contributed by atoms with Crippen LogP contribution < -0.4 is 0 Å². The fourth-order valence-corrected chi connectivity index (χ4v) is 1.47. The van der Waals surface area contributed by atoms with Gasteiger partial charge < -0.3 is 19.7 Å². The van der Waals surface area contributed by atoms with Crippen molar-refractivity contribution in [2.75, 3.05) is 26.4 Å². The number of hydrogen-bond acceptors (Lipinski definition) is 5. The van der Waals surface area contributed by atoms with Crippen molar-refractivity contribution in [1.82, 2.24) is 0 Å². The number of benzene rings is 1. The van der Waals surface area contributed by atoms with Crippen molar-refractivity contribution in [3.63, 3.8) is 0 Å². The van der Waals surface area contributed by atoms with E-state index in [2.05, 4.69) is 29.1 Å². The van der Waals surface area contributed by atoms with Crippen molar-refractivity contribution < 1.29 is 24.5 Å². The summed E-state index contributed by atoms with van der Waals surface area (Å²) in [6.07, 6.45) is 0.786. The van der Waals surface area contributed by atoms with E-state index < -0.39 is 0 Å². The third-order valence-electron chi connectivity index (χ3n) is 1.93. The number of aliphatic hydroxyl groups excluding tert-OH is 2. The standard InChI is InChI=1S/C7H5BrO.C6H14O2.C2H6O2.C2H4/c8-7-4-2-1-3-6(7)5-9;1-4-7-6(3)8-5-2;3-1-2-4;1-2/h1-5H;6H,4-5H2,1-3H3;3-4H,1-2H2;1-2H2. The van der Waals surface area contributed by atoms with Crippen molar-refractivity contribution in [2.45, 2.75) is 27.1 Å². The van der Waals surface area contributed by atoms with Crippen LogP contribution in [-0.4, -0.2) is 49.2 Å². The van der Waals surface area contributed by atoms with Crippen molar-refractivity contribution in [3.8, 4) is 0 Å².